The number of nitrogens with zero attached hydrogens (tertiary/aromatic N) is 3. The fourth-order valence-electron chi connectivity index (χ4n) is 4.26. The summed E-state index contributed by atoms with van der Waals surface area (Å²) in [5.41, 5.74) is 4.66. The maximum Gasteiger partial charge on any atom is 0.267 e. The molecule has 12 heteroatoms. The number of amides is 1. The number of ether oxygens (including phenoxy) is 1. The van der Waals surface area contributed by atoms with E-state index in [1.54, 1.807) is 41.2 Å². The van der Waals surface area contributed by atoms with Gasteiger partial charge in [0.2, 0.25) is 0 Å². The van der Waals surface area contributed by atoms with Crippen molar-refractivity contribution < 1.29 is 14.6 Å². The molecular formula is C26H22I2N4O4S2. The molecule has 0 radical (unpaired) electrons. The van der Waals surface area contributed by atoms with Gasteiger partial charge in [-0.25, -0.2) is 10.4 Å². The highest BCUT2D eigenvalue weighted by molar-refractivity contribution is 14.1. The third-order valence-corrected chi connectivity index (χ3v) is 9.64. The number of fused-ring (bicyclic) bond motifs is 3. The lowest BCUT2D eigenvalue weighted by Gasteiger charge is -2.14. The van der Waals surface area contributed by atoms with Crippen LogP contribution in [0.1, 0.15) is 28.8 Å². The lowest BCUT2D eigenvalue weighted by molar-refractivity contribution is -0.118. The van der Waals surface area contributed by atoms with Gasteiger partial charge in [-0.15, -0.1) is 11.3 Å². The number of phenolic OH excluding ortho intramolecular Hbond substituents is 1. The summed E-state index contributed by atoms with van der Waals surface area (Å²) in [7, 11) is 1.59. The van der Waals surface area contributed by atoms with Crippen molar-refractivity contribution in [3.05, 3.63) is 69.9 Å². The summed E-state index contributed by atoms with van der Waals surface area (Å²) in [5, 5.41) is 15.3. The largest absolute Gasteiger partial charge is 0.506 e. The van der Waals surface area contributed by atoms with Crippen LogP contribution in [0.4, 0.5) is 0 Å². The number of aromatic hydroxyl groups is 1. The van der Waals surface area contributed by atoms with Crippen LogP contribution in [0.5, 0.6) is 11.5 Å². The molecule has 2 aromatic carbocycles. The highest BCUT2D eigenvalue weighted by Crippen LogP contribution is 2.35. The normalized spacial score (nSPS) is 13.1. The maximum atomic E-state index is 13.8. The summed E-state index contributed by atoms with van der Waals surface area (Å²) in [4.78, 5) is 33.3. The number of halogens is 2. The second-order valence-electron chi connectivity index (χ2n) is 8.53. The number of aromatic nitrogens is 2. The van der Waals surface area contributed by atoms with E-state index in [1.165, 1.54) is 22.9 Å². The molecular weight excluding hydrogens is 750 g/mol. The van der Waals surface area contributed by atoms with E-state index in [0.29, 0.717) is 31.1 Å². The predicted molar refractivity (Wildman–Crippen MR) is 168 cm³/mol. The second kappa shape index (κ2) is 11.9. The van der Waals surface area contributed by atoms with Crippen LogP contribution in [0, 0.1) is 7.14 Å². The summed E-state index contributed by atoms with van der Waals surface area (Å²) >= 11 is 6.96. The van der Waals surface area contributed by atoms with Gasteiger partial charge in [0.1, 0.15) is 16.3 Å². The number of hydrogen-bond donors (Lipinski definition) is 2. The number of benzene rings is 2. The summed E-state index contributed by atoms with van der Waals surface area (Å²) in [5.74, 6) is 0.445. The van der Waals surface area contributed by atoms with Crippen molar-refractivity contribution in [2.24, 2.45) is 5.10 Å². The molecule has 0 saturated carbocycles. The quantitative estimate of drug-likeness (QED) is 0.0847. The van der Waals surface area contributed by atoms with E-state index in [-0.39, 0.29) is 23.0 Å². The molecule has 2 aromatic heterocycles. The number of phenols is 1. The molecule has 1 aliphatic carbocycles. The Bertz CT molecular complexity index is 1620. The first-order chi connectivity index (χ1) is 18.4. The van der Waals surface area contributed by atoms with Crippen molar-refractivity contribution in [2.75, 3.05) is 12.9 Å². The Morgan fingerprint density at radius 3 is 2.79 bits per heavy atom. The molecule has 0 aliphatic heterocycles. The molecule has 8 nitrogen and oxygen atoms in total. The smallest absolute Gasteiger partial charge is 0.267 e. The Hall–Kier alpha value is -2.17. The van der Waals surface area contributed by atoms with Crippen LogP contribution < -0.4 is 15.7 Å². The monoisotopic (exact) mass is 772 g/mol. The minimum absolute atomic E-state index is 0.00632. The lowest BCUT2D eigenvalue weighted by atomic mass is 9.97. The van der Waals surface area contributed by atoms with Crippen LogP contribution in [0.3, 0.4) is 0 Å². The number of thiophene rings is 1. The zero-order valence-electron chi connectivity index (χ0n) is 20.2. The van der Waals surface area contributed by atoms with Crippen LogP contribution in [0.25, 0.3) is 15.9 Å². The van der Waals surface area contributed by atoms with Crippen LogP contribution in [-0.4, -0.2) is 39.6 Å². The Kier molecular flexibility index (Phi) is 8.59. The number of methoxy groups -OCH3 is 1. The molecule has 0 saturated heterocycles. The fourth-order valence-corrected chi connectivity index (χ4v) is 8.26. The van der Waals surface area contributed by atoms with Gasteiger partial charge in [0.05, 0.1) is 33.7 Å². The van der Waals surface area contributed by atoms with Gasteiger partial charge in [0.25, 0.3) is 11.5 Å². The first-order valence-electron chi connectivity index (χ1n) is 11.7. The van der Waals surface area contributed by atoms with Gasteiger partial charge in [-0.05, 0) is 113 Å². The lowest BCUT2D eigenvalue weighted by Crippen LogP contribution is -2.24. The van der Waals surface area contributed by atoms with Crippen molar-refractivity contribution in [2.45, 2.75) is 30.8 Å². The topological polar surface area (TPSA) is 106 Å². The molecule has 0 fully saturated rings. The number of carbonyl (C=O) groups is 1. The number of hydrogen-bond acceptors (Lipinski definition) is 8. The molecule has 38 heavy (non-hydrogen) atoms. The van der Waals surface area contributed by atoms with Gasteiger partial charge in [-0.2, -0.15) is 5.10 Å². The molecule has 196 valence electrons. The summed E-state index contributed by atoms with van der Waals surface area (Å²) < 4.78 is 8.50. The summed E-state index contributed by atoms with van der Waals surface area (Å²) in [6.45, 7) is 0. The van der Waals surface area contributed by atoms with E-state index in [9.17, 15) is 14.7 Å². The van der Waals surface area contributed by atoms with Gasteiger partial charge in [-0.3, -0.25) is 14.2 Å². The minimum atomic E-state index is -0.354. The third kappa shape index (κ3) is 5.72. The average Bonchev–Trinajstić information content (AvgIpc) is 3.29. The first-order valence-corrected chi connectivity index (χ1v) is 15.7. The number of rotatable bonds is 7. The molecule has 0 spiro atoms. The van der Waals surface area contributed by atoms with Crippen LogP contribution >= 0.6 is 68.3 Å². The SMILES string of the molecule is COc1ccc(-n2c(SCC(=O)NN=Cc3cc(I)cc(I)c3O)nc3sc4c(c3c2=O)CCCC4)cc1. The third-order valence-electron chi connectivity index (χ3n) is 6.07. The molecule has 0 unspecified atom stereocenters. The van der Waals surface area contributed by atoms with Crippen LogP contribution in [0.15, 0.2) is 51.5 Å². The molecule has 2 heterocycles. The molecule has 4 aromatic rings. The van der Waals surface area contributed by atoms with E-state index in [1.807, 2.05) is 40.8 Å². The average molecular weight is 772 g/mol. The van der Waals surface area contributed by atoms with Gasteiger partial charge >= 0.3 is 0 Å². The zero-order chi connectivity index (χ0) is 26.8. The highest BCUT2D eigenvalue weighted by atomic mass is 127. The van der Waals surface area contributed by atoms with Crippen LogP contribution in [0.2, 0.25) is 0 Å². The van der Waals surface area contributed by atoms with E-state index in [2.05, 4.69) is 33.1 Å². The van der Waals surface area contributed by atoms with E-state index < -0.39 is 0 Å². The Morgan fingerprint density at radius 1 is 1.26 bits per heavy atom. The van der Waals surface area contributed by atoms with Gasteiger partial charge in [-0.1, -0.05) is 11.8 Å². The number of carbonyl (C=O) groups excluding carboxylic acids is 1. The van der Waals surface area contributed by atoms with Gasteiger partial charge < -0.3 is 9.84 Å². The number of thioether (sulfide) groups is 1. The number of hydrazone groups is 1. The standard InChI is InChI=1S/C26H22I2N4O4S2/c1-36-17-8-6-16(7-9-17)32-25(35)22-18-4-2-3-5-20(18)38-24(22)30-26(32)37-13-21(33)31-29-12-14-10-15(27)11-19(28)23(14)34/h6-12,34H,2-5,13H2,1H3,(H,31,33). The Balaban J connectivity index is 1.42. The van der Waals surface area contributed by atoms with Crippen molar-refractivity contribution in [1.82, 2.24) is 15.0 Å². The van der Waals surface area contributed by atoms with Crippen molar-refractivity contribution >= 4 is 90.6 Å². The predicted octanol–water partition coefficient (Wildman–Crippen LogP) is 5.49. The van der Waals surface area contributed by atoms with E-state index >= 15 is 0 Å². The molecule has 1 aliphatic rings. The van der Waals surface area contributed by atoms with Gasteiger partial charge in [0, 0.05) is 14.0 Å². The Labute approximate surface area is 254 Å². The first kappa shape index (κ1) is 27.4. The van der Waals surface area contributed by atoms with Crippen molar-refractivity contribution in [3.63, 3.8) is 0 Å². The highest BCUT2D eigenvalue weighted by Gasteiger charge is 2.23. The van der Waals surface area contributed by atoms with E-state index in [0.717, 1.165) is 39.6 Å². The molecule has 2 N–H and O–H groups in total. The molecule has 1 amide bonds. The Morgan fingerprint density at radius 2 is 2.03 bits per heavy atom. The summed E-state index contributed by atoms with van der Waals surface area (Å²) in [6, 6.07) is 10.8. The molecule has 0 bridgehead atoms. The number of nitrogens with one attached hydrogen (secondary N) is 1. The second-order valence-corrected chi connectivity index (χ2v) is 13.0. The fraction of sp³-hybridized carbons (Fsp3) is 0.231. The minimum Gasteiger partial charge on any atom is -0.506 e. The zero-order valence-corrected chi connectivity index (χ0v) is 26.1. The van der Waals surface area contributed by atoms with E-state index in [4.69, 9.17) is 9.72 Å². The van der Waals surface area contributed by atoms with Crippen molar-refractivity contribution in [1.29, 1.82) is 0 Å². The summed E-state index contributed by atoms with van der Waals surface area (Å²) in [6.07, 6.45) is 5.45. The van der Waals surface area contributed by atoms with Crippen molar-refractivity contribution in [3.8, 4) is 17.2 Å². The molecule has 0 atom stereocenters. The van der Waals surface area contributed by atoms with Gasteiger partial charge in [0.15, 0.2) is 5.16 Å². The number of aryl methyl sites for hydroxylation is 2. The maximum absolute atomic E-state index is 13.8. The molecule has 5 rings (SSSR count). The van der Waals surface area contributed by atoms with Crippen LogP contribution in [-0.2, 0) is 17.6 Å².